The van der Waals surface area contributed by atoms with E-state index in [1.165, 1.54) is 16.5 Å². The van der Waals surface area contributed by atoms with E-state index in [0.29, 0.717) is 25.2 Å². The predicted octanol–water partition coefficient (Wildman–Crippen LogP) is 6.65. The van der Waals surface area contributed by atoms with E-state index in [1.807, 2.05) is 39.0 Å². The number of fused-ring (bicyclic) bond motifs is 1. The van der Waals surface area contributed by atoms with Gasteiger partial charge in [-0.05, 0) is 86.0 Å². The molecule has 43 heavy (non-hydrogen) atoms. The number of nitrogens with one attached hydrogen (secondary N) is 1. The van der Waals surface area contributed by atoms with Gasteiger partial charge in [0.15, 0.2) is 0 Å². The smallest absolute Gasteiger partial charge is 0.293 e. The van der Waals surface area contributed by atoms with E-state index in [1.54, 1.807) is 19.2 Å². The van der Waals surface area contributed by atoms with Crippen LogP contribution in [0.2, 0.25) is 0 Å². The Kier molecular flexibility index (Phi) is 11.2. The number of hydrogen-bond donors (Lipinski definition) is 1. The van der Waals surface area contributed by atoms with Gasteiger partial charge in [0.05, 0.1) is 19.8 Å². The molecule has 2 unspecified atom stereocenters. The highest BCUT2D eigenvalue weighted by atomic mass is 16.5. The van der Waals surface area contributed by atoms with Crippen molar-refractivity contribution in [2.45, 2.75) is 45.5 Å². The van der Waals surface area contributed by atoms with Gasteiger partial charge in [-0.2, -0.15) is 0 Å². The van der Waals surface area contributed by atoms with Crippen LogP contribution in [0, 0.1) is 5.92 Å². The summed E-state index contributed by atoms with van der Waals surface area (Å²) < 4.78 is 16.3. The van der Waals surface area contributed by atoms with Crippen LogP contribution in [-0.2, 0) is 20.9 Å². The summed E-state index contributed by atoms with van der Waals surface area (Å²) in [6, 6.07) is 32.5. The highest BCUT2D eigenvalue weighted by molar-refractivity contribution is 5.94. The number of hydrogen-bond acceptors (Lipinski definition) is 6. The third-order valence-electron chi connectivity index (χ3n) is 7.37. The van der Waals surface area contributed by atoms with Crippen molar-refractivity contribution < 1.29 is 23.8 Å². The molecule has 7 nitrogen and oxygen atoms in total. The molecule has 1 heterocycles. The summed E-state index contributed by atoms with van der Waals surface area (Å²) in [7, 11) is 1.62. The Morgan fingerprint density at radius 3 is 2.28 bits per heavy atom. The van der Waals surface area contributed by atoms with Crippen molar-refractivity contribution in [2.75, 3.05) is 31.6 Å². The number of nitrogens with zero attached hydrogens (tertiary/aromatic N) is 1. The minimum atomic E-state index is -0.318. The van der Waals surface area contributed by atoms with Gasteiger partial charge in [0, 0.05) is 36.8 Å². The summed E-state index contributed by atoms with van der Waals surface area (Å²) in [6.07, 6.45) is 0.946. The van der Waals surface area contributed by atoms with E-state index in [4.69, 9.17) is 9.47 Å². The topological polar surface area (TPSA) is 77.1 Å². The molecule has 1 aliphatic rings. The van der Waals surface area contributed by atoms with Crippen molar-refractivity contribution >= 4 is 28.8 Å². The lowest BCUT2D eigenvalue weighted by Crippen LogP contribution is -2.49. The molecule has 5 rings (SSSR count). The average Bonchev–Trinajstić information content (AvgIpc) is 3.03. The van der Waals surface area contributed by atoms with Gasteiger partial charge < -0.3 is 24.4 Å². The largest absolute Gasteiger partial charge is 0.497 e. The summed E-state index contributed by atoms with van der Waals surface area (Å²) in [5.41, 5.74) is 2.68. The van der Waals surface area contributed by atoms with Crippen LogP contribution in [0.5, 0.6) is 5.75 Å². The molecule has 7 heteroatoms. The fourth-order valence-electron chi connectivity index (χ4n) is 5.01. The molecule has 1 fully saturated rings. The second-order valence-electron chi connectivity index (χ2n) is 11.6. The Hall–Kier alpha value is -4.36. The molecule has 0 radical (unpaired) electrons. The molecule has 226 valence electrons. The summed E-state index contributed by atoms with van der Waals surface area (Å²) in [5, 5.41) is 5.58. The number of piperidine rings is 1. The number of rotatable bonds is 9. The normalized spacial score (nSPS) is 16.5. The first-order valence-corrected chi connectivity index (χ1v) is 14.7. The van der Waals surface area contributed by atoms with Crippen molar-refractivity contribution in [1.29, 1.82) is 0 Å². The molecule has 1 N–H and O–H groups in total. The maximum Gasteiger partial charge on any atom is 0.293 e. The molecule has 4 aromatic carbocycles. The molecule has 1 aliphatic heterocycles. The zero-order chi connectivity index (χ0) is 30.7. The van der Waals surface area contributed by atoms with E-state index in [9.17, 15) is 9.59 Å². The molecule has 1 saturated heterocycles. The van der Waals surface area contributed by atoms with Crippen LogP contribution in [0.15, 0.2) is 97.1 Å². The molecule has 0 bridgehead atoms. The number of methoxy groups -OCH3 is 1. The second kappa shape index (κ2) is 15.2. The maximum absolute atomic E-state index is 12.8. The molecule has 2 atom stereocenters. The summed E-state index contributed by atoms with van der Waals surface area (Å²) in [6.45, 7) is 8.77. The number of anilines is 1. The van der Waals surface area contributed by atoms with Gasteiger partial charge in [0.1, 0.15) is 11.4 Å². The summed E-state index contributed by atoms with van der Waals surface area (Å²) in [5.74, 6) is 0.894. The molecule has 0 aromatic heterocycles. The molecule has 4 aromatic rings. The van der Waals surface area contributed by atoms with Crippen molar-refractivity contribution in [2.24, 2.45) is 5.92 Å². The van der Waals surface area contributed by atoms with Crippen molar-refractivity contribution in [3.8, 4) is 5.75 Å². The van der Waals surface area contributed by atoms with E-state index >= 15 is 0 Å². The van der Waals surface area contributed by atoms with Gasteiger partial charge in [-0.1, -0.05) is 54.6 Å². The first-order valence-electron chi connectivity index (χ1n) is 14.7. The van der Waals surface area contributed by atoms with Crippen molar-refractivity contribution in [1.82, 2.24) is 5.32 Å². The second-order valence-corrected chi connectivity index (χ2v) is 11.6. The van der Waals surface area contributed by atoms with Crippen molar-refractivity contribution in [3.63, 3.8) is 0 Å². The number of benzene rings is 4. The highest BCUT2D eigenvalue weighted by Gasteiger charge is 2.30. The van der Waals surface area contributed by atoms with E-state index in [-0.39, 0.29) is 23.5 Å². The lowest BCUT2D eigenvalue weighted by atomic mass is 9.92. The highest BCUT2D eigenvalue weighted by Crippen LogP contribution is 2.26. The number of para-hydroxylation sites is 1. The Balaban J connectivity index is 0.000000541. The third-order valence-corrected chi connectivity index (χ3v) is 7.37. The fraction of sp³-hybridized carbons (Fsp3) is 0.333. The van der Waals surface area contributed by atoms with Crippen LogP contribution in [0.3, 0.4) is 0 Å². The average molecular weight is 583 g/mol. The summed E-state index contributed by atoms with van der Waals surface area (Å²) in [4.78, 5) is 24.8. The zero-order valence-corrected chi connectivity index (χ0v) is 25.5. The first kappa shape index (κ1) is 31.6. The molecule has 1 amide bonds. The van der Waals surface area contributed by atoms with Crippen LogP contribution in [-0.4, -0.2) is 50.8 Å². The maximum atomic E-state index is 12.8. The molecule has 0 aliphatic carbocycles. The summed E-state index contributed by atoms with van der Waals surface area (Å²) >= 11 is 0. The van der Waals surface area contributed by atoms with Gasteiger partial charge in [-0.15, -0.1) is 0 Å². The van der Waals surface area contributed by atoms with E-state index in [2.05, 4.69) is 81.7 Å². The van der Waals surface area contributed by atoms with Crippen LogP contribution >= 0.6 is 0 Å². The van der Waals surface area contributed by atoms with E-state index < -0.39 is 0 Å². The quantitative estimate of drug-likeness (QED) is 0.223. The minimum absolute atomic E-state index is 0.00148. The number of ether oxygens (including phenoxy) is 3. The number of carbonyl (C=O) groups excluding carboxylic acids is 2. The SMILES string of the molecule is CC(C)(C)OC=O.COc1ccc(C(=O)NCC2CCN(c3ccccc3)CC2OCc2ccc3ccccc3c2)cc1. The number of carbonyl (C=O) groups is 2. The molecular formula is C36H42N2O5. The van der Waals surface area contributed by atoms with Gasteiger partial charge in [-0.25, -0.2) is 0 Å². The Morgan fingerprint density at radius 1 is 0.930 bits per heavy atom. The lowest BCUT2D eigenvalue weighted by Gasteiger charge is -2.39. The molecule has 0 spiro atoms. The van der Waals surface area contributed by atoms with Crippen LogP contribution in [0.25, 0.3) is 10.8 Å². The Bertz CT molecular complexity index is 1450. The zero-order valence-electron chi connectivity index (χ0n) is 25.5. The van der Waals surface area contributed by atoms with Crippen LogP contribution in [0.1, 0.15) is 43.1 Å². The first-order chi connectivity index (χ1) is 20.8. The van der Waals surface area contributed by atoms with Crippen LogP contribution in [0.4, 0.5) is 5.69 Å². The van der Waals surface area contributed by atoms with Gasteiger partial charge in [0.25, 0.3) is 12.4 Å². The minimum Gasteiger partial charge on any atom is -0.497 e. The molecule has 0 saturated carbocycles. The van der Waals surface area contributed by atoms with E-state index in [0.717, 1.165) is 30.8 Å². The third kappa shape index (κ3) is 9.58. The monoisotopic (exact) mass is 582 g/mol. The van der Waals surface area contributed by atoms with Gasteiger partial charge in [-0.3, -0.25) is 9.59 Å². The van der Waals surface area contributed by atoms with Crippen molar-refractivity contribution in [3.05, 3.63) is 108 Å². The standard InChI is InChI=1S/C31H32N2O3.C5H10O2/c1-35-29-15-13-25(14-16-29)31(34)32-20-27-17-18-33(28-9-3-2-4-10-28)21-30(27)36-22-23-11-12-24-7-5-6-8-26(24)19-23;1-5(2,3)7-4-6/h2-16,19,27,30H,17-18,20-22H2,1H3,(H,32,34);4H,1-3H3. The Morgan fingerprint density at radius 2 is 1.63 bits per heavy atom. The van der Waals surface area contributed by atoms with Gasteiger partial charge in [0.2, 0.25) is 0 Å². The lowest BCUT2D eigenvalue weighted by molar-refractivity contribution is -0.138. The molecular weight excluding hydrogens is 540 g/mol. The van der Waals surface area contributed by atoms with Crippen LogP contribution < -0.4 is 15.0 Å². The fourth-order valence-corrected chi connectivity index (χ4v) is 5.01. The number of amides is 1. The predicted molar refractivity (Wildman–Crippen MR) is 172 cm³/mol. The van der Waals surface area contributed by atoms with Gasteiger partial charge >= 0.3 is 0 Å². The Labute approximate surface area is 254 Å².